The normalized spacial score (nSPS) is 30.3. The van der Waals surface area contributed by atoms with Crippen LogP contribution in [0.1, 0.15) is 32.1 Å². The summed E-state index contributed by atoms with van der Waals surface area (Å²) in [7, 11) is -4.30. The molecule has 0 spiro atoms. The van der Waals surface area contributed by atoms with Crippen LogP contribution < -0.4 is 5.73 Å². The zero-order valence-electron chi connectivity index (χ0n) is 7.58. The molecule has 1 rings (SSSR count). The van der Waals surface area contributed by atoms with E-state index >= 15 is 0 Å². The lowest BCUT2D eigenvalue weighted by atomic mass is 9.87. The second kappa shape index (κ2) is 4.37. The van der Waals surface area contributed by atoms with E-state index in [-0.39, 0.29) is 0 Å². The summed E-state index contributed by atoms with van der Waals surface area (Å²) in [5.74, 6) is 0.503. The molecule has 13 heavy (non-hydrogen) atoms. The van der Waals surface area contributed by atoms with Gasteiger partial charge in [0.05, 0.1) is 5.25 Å². The van der Waals surface area contributed by atoms with E-state index in [2.05, 4.69) is 0 Å². The Morgan fingerprint density at radius 2 is 1.77 bits per heavy atom. The molecule has 0 aliphatic heterocycles. The van der Waals surface area contributed by atoms with Gasteiger partial charge in [0.1, 0.15) is 0 Å². The lowest BCUT2D eigenvalue weighted by Gasteiger charge is -2.25. The smallest absolute Gasteiger partial charge is 0.305 e. The van der Waals surface area contributed by atoms with Crippen molar-refractivity contribution in [3.05, 3.63) is 0 Å². The fourth-order valence-corrected chi connectivity index (χ4v) is 2.77. The first kappa shape index (κ1) is 10.9. The molecule has 0 unspecified atom stereocenters. The molecule has 3 nitrogen and oxygen atoms in total. The van der Waals surface area contributed by atoms with Crippen LogP contribution in [0.4, 0.5) is 3.89 Å². The van der Waals surface area contributed by atoms with E-state index in [1.54, 1.807) is 0 Å². The minimum Gasteiger partial charge on any atom is -0.330 e. The maximum Gasteiger partial charge on any atom is 0.305 e. The van der Waals surface area contributed by atoms with Crippen molar-refractivity contribution >= 4 is 10.2 Å². The minimum absolute atomic E-state index is 0.462. The highest BCUT2D eigenvalue weighted by Gasteiger charge is 2.30. The maximum absolute atomic E-state index is 12.5. The van der Waals surface area contributed by atoms with E-state index in [1.165, 1.54) is 0 Å². The Balaban J connectivity index is 2.39. The van der Waals surface area contributed by atoms with Gasteiger partial charge in [-0.1, -0.05) is 0 Å². The number of nitrogens with two attached hydrogens (primary N) is 1. The summed E-state index contributed by atoms with van der Waals surface area (Å²) in [6, 6.07) is 0. The Kier molecular flexibility index (Phi) is 3.67. The Labute approximate surface area is 78.7 Å². The van der Waals surface area contributed by atoms with Gasteiger partial charge in [-0.15, -0.1) is 3.89 Å². The van der Waals surface area contributed by atoms with Crippen LogP contribution in [0.2, 0.25) is 0 Å². The number of rotatable bonds is 3. The van der Waals surface area contributed by atoms with Crippen LogP contribution in [-0.2, 0) is 10.2 Å². The van der Waals surface area contributed by atoms with Crippen molar-refractivity contribution in [2.45, 2.75) is 37.4 Å². The molecule has 1 aliphatic rings. The van der Waals surface area contributed by atoms with E-state index < -0.39 is 15.5 Å². The number of hydrogen-bond donors (Lipinski definition) is 1. The van der Waals surface area contributed by atoms with Gasteiger partial charge in [0.25, 0.3) is 0 Å². The molecule has 0 aromatic heterocycles. The van der Waals surface area contributed by atoms with Crippen LogP contribution >= 0.6 is 0 Å². The molecule has 0 radical (unpaired) electrons. The van der Waals surface area contributed by atoms with Gasteiger partial charge in [0, 0.05) is 0 Å². The highest BCUT2D eigenvalue weighted by molar-refractivity contribution is 7.87. The largest absolute Gasteiger partial charge is 0.330 e. The molecule has 0 saturated heterocycles. The maximum atomic E-state index is 12.5. The molecule has 1 saturated carbocycles. The average molecular weight is 209 g/mol. The Morgan fingerprint density at radius 3 is 2.15 bits per heavy atom. The zero-order chi connectivity index (χ0) is 9.90. The average Bonchev–Trinajstić information content (AvgIpc) is 2.04. The molecule has 1 aliphatic carbocycles. The first-order valence-corrected chi connectivity index (χ1v) is 6.12. The predicted molar refractivity (Wildman–Crippen MR) is 49.4 cm³/mol. The van der Waals surface area contributed by atoms with Gasteiger partial charge in [-0.05, 0) is 44.6 Å². The molecular weight excluding hydrogens is 193 g/mol. The topological polar surface area (TPSA) is 60.2 Å². The molecule has 0 aromatic carbocycles. The molecule has 0 aromatic rings. The number of hydrogen-bond acceptors (Lipinski definition) is 3. The molecule has 0 bridgehead atoms. The molecule has 1 fully saturated rings. The van der Waals surface area contributed by atoms with Crippen molar-refractivity contribution in [2.75, 3.05) is 6.54 Å². The monoisotopic (exact) mass is 209 g/mol. The summed E-state index contributed by atoms with van der Waals surface area (Å²) in [5, 5.41) is -0.749. The van der Waals surface area contributed by atoms with Crippen molar-refractivity contribution in [3.63, 3.8) is 0 Å². The van der Waals surface area contributed by atoms with Gasteiger partial charge in [-0.2, -0.15) is 8.42 Å². The van der Waals surface area contributed by atoms with E-state index in [4.69, 9.17) is 5.73 Å². The van der Waals surface area contributed by atoms with Crippen LogP contribution in [0.3, 0.4) is 0 Å². The van der Waals surface area contributed by atoms with E-state index in [9.17, 15) is 12.3 Å². The number of halogens is 1. The fraction of sp³-hybridized carbons (Fsp3) is 1.00. The first-order chi connectivity index (χ1) is 6.04. The van der Waals surface area contributed by atoms with Crippen LogP contribution in [0, 0.1) is 5.92 Å². The van der Waals surface area contributed by atoms with Crippen molar-refractivity contribution in [3.8, 4) is 0 Å². The molecular formula is C8H16FNO2S. The third-order valence-corrected chi connectivity index (χ3v) is 4.03. The summed E-state index contributed by atoms with van der Waals surface area (Å²) in [6.45, 7) is 0.637. The van der Waals surface area contributed by atoms with E-state index in [0.717, 1.165) is 19.3 Å². The second-order valence-corrected chi connectivity index (χ2v) is 5.31. The van der Waals surface area contributed by atoms with Crippen molar-refractivity contribution in [1.82, 2.24) is 0 Å². The summed E-state index contributed by atoms with van der Waals surface area (Å²) >= 11 is 0. The SMILES string of the molecule is NCCC1CCC(S(=O)(=O)F)CC1. The minimum atomic E-state index is -4.30. The molecule has 2 N–H and O–H groups in total. The van der Waals surface area contributed by atoms with Crippen LogP contribution in [0.15, 0.2) is 0 Å². The van der Waals surface area contributed by atoms with Crippen molar-refractivity contribution in [1.29, 1.82) is 0 Å². The van der Waals surface area contributed by atoms with Gasteiger partial charge >= 0.3 is 10.2 Å². The van der Waals surface area contributed by atoms with Crippen molar-refractivity contribution in [2.24, 2.45) is 11.7 Å². The standard InChI is InChI=1S/C8H16FNO2S/c9-13(11,12)8-3-1-7(2-4-8)5-6-10/h7-8H,1-6,10H2. The molecule has 78 valence electrons. The van der Waals surface area contributed by atoms with Crippen LogP contribution in [-0.4, -0.2) is 20.2 Å². The summed E-state index contributed by atoms with van der Waals surface area (Å²) in [5.41, 5.74) is 5.39. The third-order valence-electron chi connectivity index (χ3n) is 2.77. The fourth-order valence-electron chi connectivity index (χ4n) is 1.94. The molecule has 5 heteroatoms. The quantitative estimate of drug-likeness (QED) is 0.710. The zero-order valence-corrected chi connectivity index (χ0v) is 8.39. The van der Waals surface area contributed by atoms with E-state index in [1.807, 2.05) is 0 Å². The van der Waals surface area contributed by atoms with Gasteiger partial charge in [0.15, 0.2) is 0 Å². The summed E-state index contributed by atoms with van der Waals surface area (Å²) < 4.78 is 33.7. The van der Waals surface area contributed by atoms with Gasteiger partial charge in [0.2, 0.25) is 0 Å². The predicted octanol–water partition coefficient (Wildman–Crippen LogP) is 1.19. The van der Waals surface area contributed by atoms with Crippen LogP contribution in [0.25, 0.3) is 0 Å². The highest BCUT2D eigenvalue weighted by atomic mass is 32.3. The lowest BCUT2D eigenvalue weighted by Crippen LogP contribution is -2.25. The molecule has 0 heterocycles. The molecule has 0 amide bonds. The Hall–Kier alpha value is -0.160. The van der Waals surface area contributed by atoms with E-state index in [0.29, 0.717) is 25.3 Å². The molecule has 0 atom stereocenters. The first-order valence-electron chi connectivity index (χ1n) is 4.67. The van der Waals surface area contributed by atoms with Gasteiger partial charge in [-0.25, -0.2) is 0 Å². The Morgan fingerprint density at radius 1 is 1.23 bits per heavy atom. The van der Waals surface area contributed by atoms with Gasteiger partial charge < -0.3 is 5.73 Å². The second-order valence-electron chi connectivity index (χ2n) is 3.70. The van der Waals surface area contributed by atoms with Crippen molar-refractivity contribution < 1.29 is 12.3 Å². The summed E-state index contributed by atoms with van der Waals surface area (Å²) in [4.78, 5) is 0. The highest BCUT2D eigenvalue weighted by Crippen LogP contribution is 2.30. The third kappa shape index (κ3) is 3.23. The van der Waals surface area contributed by atoms with Gasteiger partial charge in [-0.3, -0.25) is 0 Å². The lowest BCUT2D eigenvalue weighted by molar-refractivity contribution is 0.338. The van der Waals surface area contributed by atoms with Crippen LogP contribution in [0.5, 0.6) is 0 Å². The Bertz CT molecular complexity index is 245. The summed E-state index contributed by atoms with van der Waals surface area (Å²) in [6.07, 6.45) is 3.45.